The molecule has 5 rings (SSSR count). The Morgan fingerprint density at radius 1 is 1.03 bits per heavy atom. The molecule has 1 aromatic heterocycles. The minimum Gasteiger partial charge on any atom is -0.493 e. The summed E-state index contributed by atoms with van der Waals surface area (Å²) in [7, 11) is 3.21. The third kappa shape index (κ3) is 4.45. The molecule has 0 radical (unpaired) electrons. The van der Waals surface area contributed by atoms with E-state index in [0.29, 0.717) is 35.5 Å². The Morgan fingerprint density at radius 2 is 1.91 bits per heavy atom. The first-order valence-electron chi connectivity index (χ1n) is 11.1. The maximum Gasteiger partial charge on any atom is 0.242 e. The zero-order chi connectivity index (χ0) is 23.3. The number of para-hydroxylation sites is 1. The summed E-state index contributed by atoms with van der Waals surface area (Å²) in [5, 5.41) is 0.950. The molecule has 0 N–H and O–H groups in total. The molecule has 7 heteroatoms. The molecule has 0 unspecified atom stereocenters. The second kappa shape index (κ2) is 9.70. The van der Waals surface area contributed by atoms with Crippen molar-refractivity contribution in [3.8, 4) is 11.5 Å². The molecule has 0 bridgehead atoms. The summed E-state index contributed by atoms with van der Waals surface area (Å²) >= 11 is 0. The maximum atomic E-state index is 6.31. The molecule has 2 heterocycles. The molecule has 172 valence electrons. The fraction of sp³-hybridized carbons (Fsp3) is 0.185. The minimum absolute atomic E-state index is 0.446. The van der Waals surface area contributed by atoms with Crippen molar-refractivity contribution in [1.29, 1.82) is 0 Å². The standard InChI is InChI=1S/C27H25N3O4/c1-31-24-13-12-21(15-25(24)32-2)30(27-28-16-20-10-6-7-11-23(20)29-27)26-18-33-17-22(34-26)14-19-8-4-3-5-9-19/h3-4,6-8,10-13,15-18H,5,9,14H2,1-2H3. The van der Waals surface area contributed by atoms with E-state index >= 15 is 0 Å². The third-order valence-electron chi connectivity index (χ3n) is 5.63. The summed E-state index contributed by atoms with van der Waals surface area (Å²) in [6.07, 6.45) is 14.1. The van der Waals surface area contributed by atoms with Crippen LogP contribution in [0.15, 0.2) is 96.6 Å². The highest BCUT2D eigenvalue weighted by Crippen LogP contribution is 2.38. The lowest BCUT2D eigenvalue weighted by Crippen LogP contribution is -2.23. The topological polar surface area (TPSA) is 65.9 Å². The summed E-state index contributed by atoms with van der Waals surface area (Å²) in [5.41, 5.74) is 2.85. The number of methoxy groups -OCH3 is 2. The molecular weight excluding hydrogens is 430 g/mol. The van der Waals surface area contributed by atoms with E-state index in [1.807, 2.05) is 42.5 Å². The molecule has 1 aliphatic carbocycles. The van der Waals surface area contributed by atoms with Crippen molar-refractivity contribution in [2.45, 2.75) is 19.3 Å². The van der Waals surface area contributed by atoms with Gasteiger partial charge in [-0.25, -0.2) is 14.9 Å². The lowest BCUT2D eigenvalue weighted by Gasteiger charge is -2.28. The second-order valence-corrected chi connectivity index (χ2v) is 7.85. The Bertz CT molecular complexity index is 1330. The molecule has 7 nitrogen and oxygen atoms in total. The van der Waals surface area contributed by atoms with Gasteiger partial charge in [-0.3, -0.25) is 0 Å². The van der Waals surface area contributed by atoms with Crippen LogP contribution < -0.4 is 14.4 Å². The van der Waals surface area contributed by atoms with Gasteiger partial charge < -0.3 is 18.9 Å². The van der Waals surface area contributed by atoms with Gasteiger partial charge in [0.1, 0.15) is 12.0 Å². The Labute approximate surface area is 198 Å². The van der Waals surface area contributed by atoms with Crippen LogP contribution in [0.1, 0.15) is 19.3 Å². The number of hydrogen-bond acceptors (Lipinski definition) is 7. The maximum absolute atomic E-state index is 6.31. The zero-order valence-corrected chi connectivity index (χ0v) is 19.1. The van der Waals surface area contributed by atoms with Crippen LogP contribution in [0.25, 0.3) is 10.9 Å². The van der Waals surface area contributed by atoms with Gasteiger partial charge in [0.2, 0.25) is 11.8 Å². The molecule has 2 aliphatic rings. The highest BCUT2D eigenvalue weighted by Gasteiger charge is 2.25. The highest BCUT2D eigenvalue weighted by atomic mass is 16.6. The van der Waals surface area contributed by atoms with Gasteiger partial charge in [-0.1, -0.05) is 42.0 Å². The lowest BCUT2D eigenvalue weighted by molar-refractivity contribution is 0.213. The molecule has 0 amide bonds. The first-order chi connectivity index (χ1) is 16.7. The monoisotopic (exact) mass is 455 g/mol. The van der Waals surface area contributed by atoms with E-state index < -0.39 is 0 Å². The summed E-state index contributed by atoms with van der Waals surface area (Å²) in [4.78, 5) is 11.2. The van der Waals surface area contributed by atoms with Crippen LogP contribution in [0.4, 0.5) is 11.6 Å². The van der Waals surface area contributed by atoms with Gasteiger partial charge >= 0.3 is 0 Å². The van der Waals surface area contributed by atoms with Gasteiger partial charge in [0.05, 0.1) is 25.4 Å². The van der Waals surface area contributed by atoms with Crippen molar-refractivity contribution >= 4 is 22.5 Å². The van der Waals surface area contributed by atoms with Crippen molar-refractivity contribution in [3.05, 3.63) is 96.6 Å². The molecule has 0 saturated carbocycles. The van der Waals surface area contributed by atoms with Gasteiger partial charge in [-0.2, -0.15) is 0 Å². The number of nitrogens with zero attached hydrogens (tertiary/aromatic N) is 3. The molecule has 0 saturated heterocycles. The van der Waals surface area contributed by atoms with Gasteiger partial charge in [-0.05, 0) is 31.0 Å². The number of fused-ring (bicyclic) bond motifs is 1. The fourth-order valence-electron chi connectivity index (χ4n) is 3.93. The Hall–Kier alpha value is -4.26. The molecule has 0 spiro atoms. The van der Waals surface area contributed by atoms with Gasteiger partial charge in [0.15, 0.2) is 17.8 Å². The van der Waals surface area contributed by atoms with Gasteiger partial charge in [0.25, 0.3) is 0 Å². The Balaban J connectivity index is 1.53. The normalized spacial score (nSPS) is 14.9. The first-order valence-corrected chi connectivity index (χ1v) is 11.1. The van der Waals surface area contributed by atoms with Crippen LogP contribution in [0, 0.1) is 0 Å². The van der Waals surface area contributed by atoms with Crippen LogP contribution >= 0.6 is 0 Å². The minimum atomic E-state index is 0.446. The number of aromatic nitrogens is 2. The number of ether oxygens (including phenoxy) is 4. The van der Waals surface area contributed by atoms with E-state index in [9.17, 15) is 0 Å². The fourth-order valence-corrected chi connectivity index (χ4v) is 3.93. The summed E-state index contributed by atoms with van der Waals surface area (Å²) in [6, 6.07) is 13.4. The number of anilines is 2. The molecule has 34 heavy (non-hydrogen) atoms. The van der Waals surface area contributed by atoms with Crippen LogP contribution in [0.2, 0.25) is 0 Å². The molecule has 2 aromatic carbocycles. The Kier molecular flexibility index (Phi) is 6.16. The lowest BCUT2D eigenvalue weighted by atomic mass is 10.0. The van der Waals surface area contributed by atoms with E-state index in [-0.39, 0.29) is 0 Å². The van der Waals surface area contributed by atoms with E-state index in [2.05, 4.69) is 23.2 Å². The number of benzene rings is 2. The number of rotatable bonds is 7. The van der Waals surface area contributed by atoms with Crippen molar-refractivity contribution in [3.63, 3.8) is 0 Å². The molecule has 3 aromatic rings. The Morgan fingerprint density at radius 3 is 2.74 bits per heavy atom. The summed E-state index contributed by atoms with van der Waals surface area (Å²) < 4.78 is 23.0. The summed E-state index contributed by atoms with van der Waals surface area (Å²) in [6.45, 7) is 0. The number of allylic oxidation sites excluding steroid dienone is 4. The third-order valence-corrected chi connectivity index (χ3v) is 5.63. The zero-order valence-electron chi connectivity index (χ0n) is 19.1. The smallest absolute Gasteiger partial charge is 0.242 e. The van der Waals surface area contributed by atoms with E-state index in [4.69, 9.17) is 23.9 Å². The molecule has 1 aliphatic heterocycles. The van der Waals surface area contributed by atoms with Crippen LogP contribution in [0.3, 0.4) is 0 Å². The van der Waals surface area contributed by atoms with E-state index in [1.54, 1.807) is 37.8 Å². The first kappa shape index (κ1) is 21.6. The SMILES string of the molecule is COc1ccc(N(C2=COC=C(CC3=CC=CCC3)O2)c2ncc3ccccc3n2)cc1OC. The van der Waals surface area contributed by atoms with Gasteiger partial charge in [-0.15, -0.1) is 0 Å². The average Bonchev–Trinajstić information content (AvgIpc) is 2.89. The molecule has 0 fully saturated rings. The van der Waals surface area contributed by atoms with Crippen molar-refractivity contribution in [2.75, 3.05) is 19.1 Å². The van der Waals surface area contributed by atoms with Crippen LogP contribution in [0.5, 0.6) is 11.5 Å². The average molecular weight is 456 g/mol. The summed E-state index contributed by atoms with van der Waals surface area (Å²) in [5.74, 6) is 2.82. The quantitative estimate of drug-likeness (QED) is 0.424. The van der Waals surface area contributed by atoms with Crippen LogP contribution in [-0.2, 0) is 9.47 Å². The highest BCUT2D eigenvalue weighted by molar-refractivity contribution is 5.79. The van der Waals surface area contributed by atoms with Crippen molar-refractivity contribution < 1.29 is 18.9 Å². The largest absolute Gasteiger partial charge is 0.493 e. The van der Waals surface area contributed by atoms with E-state index in [0.717, 1.165) is 29.4 Å². The second-order valence-electron chi connectivity index (χ2n) is 7.85. The van der Waals surface area contributed by atoms with Gasteiger partial charge in [0, 0.05) is 24.1 Å². The predicted octanol–water partition coefficient (Wildman–Crippen LogP) is 6.14. The number of hydrogen-bond donors (Lipinski definition) is 0. The predicted molar refractivity (Wildman–Crippen MR) is 131 cm³/mol. The molecule has 0 atom stereocenters. The molecular formula is C27H25N3O4. The van der Waals surface area contributed by atoms with Crippen molar-refractivity contribution in [2.24, 2.45) is 0 Å². The van der Waals surface area contributed by atoms with Crippen molar-refractivity contribution in [1.82, 2.24) is 9.97 Å². The van der Waals surface area contributed by atoms with E-state index in [1.165, 1.54) is 5.57 Å². The van der Waals surface area contributed by atoms with Crippen LogP contribution in [-0.4, -0.2) is 24.2 Å².